The Bertz CT molecular complexity index is 1220. The summed E-state index contributed by atoms with van der Waals surface area (Å²) >= 11 is 20.7. The number of rotatable bonds is 9. The van der Waals surface area contributed by atoms with E-state index in [-0.39, 0.29) is 36.2 Å². The fourth-order valence-corrected chi connectivity index (χ4v) is 4.36. The van der Waals surface area contributed by atoms with Crippen molar-refractivity contribution in [3.8, 4) is 0 Å². The van der Waals surface area contributed by atoms with Gasteiger partial charge in [0.1, 0.15) is 12.1 Å². The third kappa shape index (κ3) is 9.28. The topological polar surface area (TPSA) is 67.4 Å². The smallest absolute Gasteiger partial charge is 0.382 e. The highest BCUT2D eigenvalue weighted by molar-refractivity contribution is 9.10. The maximum atomic E-state index is 13.8. The van der Waals surface area contributed by atoms with Crippen LogP contribution in [0.5, 0.6) is 0 Å². The molecule has 0 spiro atoms. The molecule has 0 aromatic heterocycles. The Morgan fingerprint density at radius 3 is 2.08 bits per heavy atom. The minimum absolute atomic E-state index is 0.0337. The monoisotopic (exact) mass is 682 g/mol. The van der Waals surface area contributed by atoms with Gasteiger partial charge >= 0.3 is 12.4 Å². The van der Waals surface area contributed by atoms with Crippen molar-refractivity contribution in [2.45, 2.75) is 37.3 Å². The van der Waals surface area contributed by atoms with E-state index < -0.39 is 48.8 Å². The van der Waals surface area contributed by atoms with E-state index in [1.165, 1.54) is 31.4 Å². The maximum absolute atomic E-state index is 13.8. The molecule has 5 nitrogen and oxygen atoms in total. The van der Waals surface area contributed by atoms with E-state index in [2.05, 4.69) is 21.2 Å². The summed E-state index contributed by atoms with van der Waals surface area (Å²) in [6, 6.07) is 2.44. The number of halogens is 10. The number of alkyl halides is 6. The second kappa shape index (κ2) is 13.6. The normalized spacial score (nSPS) is 14.7. The van der Waals surface area contributed by atoms with Crippen LogP contribution in [0, 0.1) is 0 Å². The Hall–Kier alpha value is -1.99. The fourth-order valence-electron chi connectivity index (χ4n) is 3.17. The summed E-state index contributed by atoms with van der Waals surface area (Å²) in [6.45, 7) is 0.323. The molecular formula is C24H20BrCl3F6N2O3. The van der Waals surface area contributed by atoms with E-state index in [1.807, 2.05) is 0 Å². The van der Waals surface area contributed by atoms with Crippen molar-refractivity contribution in [1.82, 2.24) is 10.6 Å². The molecule has 0 aliphatic carbocycles. The number of hydrogen-bond acceptors (Lipinski definition) is 3. The van der Waals surface area contributed by atoms with Gasteiger partial charge in [-0.2, -0.15) is 26.3 Å². The molecule has 0 aliphatic heterocycles. The lowest BCUT2D eigenvalue weighted by Gasteiger charge is -2.22. The number of methoxy groups -OCH3 is 1. The first-order chi connectivity index (χ1) is 17.9. The molecule has 0 saturated heterocycles. The van der Waals surface area contributed by atoms with Crippen molar-refractivity contribution < 1.29 is 40.7 Å². The molecule has 0 aliphatic rings. The van der Waals surface area contributed by atoms with Crippen LogP contribution in [0.2, 0.25) is 15.1 Å². The second-order valence-electron chi connectivity index (χ2n) is 8.17. The molecule has 15 heteroatoms. The van der Waals surface area contributed by atoms with Crippen molar-refractivity contribution in [2.75, 3.05) is 13.7 Å². The summed E-state index contributed by atoms with van der Waals surface area (Å²) < 4.78 is 84.6. The van der Waals surface area contributed by atoms with Gasteiger partial charge in [-0.25, -0.2) is 0 Å². The van der Waals surface area contributed by atoms with E-state index in [0.29, 0.717) is 0 Å². The Labute approximate surface area is 242 Å². The van der Waals surface area contributed by atoms with Gasteiger partial charge < -0.3 is 15.4 Å². The zero-order chi connectivity index (χ0) is 29.7. The molecule has 3 atom stereocenters. The molecule has 214 valence electrons. The molecule has 2 amide bonds. The lowest BCUT2D eigenvalue weighted by molar-refractivity contribution is -0.159. The van der Waals surface area contributed by atoms with Crippen LogP contribution in [0.25, 0.3) is 6.08 Å². The van der Waals surface area contributed by atoms with Crippen LogP contribution in [0.3, 0.4) is 0 Å². The van der Waals surface area contributed by atoms with Gasteiger partial charge in [-0.1, -0.05) is 53.0 Å². The van der Waals surface area contributed by atoms with Crippen molar-refractivity contribution in [3.63, 3.8) is 0 Å². The molecule has 3 unspecified atom stereocenters. The molecule has 0 bridgehead atoms. The van der Waals surface area contributed by atoms with Crippen molar-refractivity contribution in [3.05, 3.63) is 72.6 Å². The van der Waals surface area contributed by atoms with Gasteiger partial charge in [-0.3, -0.25) is 9.59 Å². The van der Waals surface area contributed by atoms with Crippen LogP contribution in [0.4, 0.5) is 26.3 Å². The van der Waals surface area contributed by atoms with Crippen LogP contribution in [0.15, 0.2) is 40.9 Å². The number of nitrogens with one attached hydrogen (secondary N) is 2. The third-order valence-corrected chi connectivity index (χ3v) is 7.09. The summed E-state index contributed by atoms with van der Waals surface area (Å²) in [6.07, 6.45) is -7.35. The third-order valence-electron chi connectivity index (χ3n) is 5.24. The lowest BCUT2D eigenvalue weighted by Crippen LogP contribution is -2.54. The number of hydrogen-bond donors (Lipinski definition) is 2. The summed E-state index contributed by atoms with van der Waals surface area (Å²) in [5.41, 5.74) is -0.00639. The quantitative estimate of drug-likeness (QED) is 0.212. The van der Waals surface area contributed by atoms with Crippen molar-refractivity contribution in [1.29, 1.82) is 0 Å². The zero-order valence-electron chi connectivity index (χ0n) is 20.0. The first-order valence-electron chi connectivity index (χ1n) is 10.8. The molecule has 0 saturated carbocycles. The zero-order valence-corrected chi connectivity index (χ0v) is 23.8. The Balaban J connectivity index is 2.25. The molecule has 2 aromatic carbocycles. The number of benzene rings is 2. The highest BCUT2D eigenvalue weighted by Crippen LogP contribution is 2.41. The van der Waals surface area contributed by atoms with E-state index in [4.69, 9.17) is 39.5 Å². The Kier molecular flexibility index (Phi) is 11.6. The van der Waals surface area contributed by atoms with Gasteiger partial charge in [-0.15, -0.1) is 0 Å². The van der Waals surface area contributed by atoms with Crippen LogP contribution in [0.1, 0.15) is 34.3 Å². The minimum Gasteiger partial charge on any atom is -0.382 e. The summed E-state index contributed by atoms with van der Waals surface area (Å²) in [5.74, 6) is -4.04. The van der Waals surface area contributed by atoms with Gasteiger partial charge in [0.25, 0.3) is 5.91 Å². The van der Waals surface area contributed by atoms with Gasteiger partial charge in [0.2, 0.25) is 5.91 Å². The molecule has 2 N–H and O–H groups in total. The highest BCUT2D eigenvalue weighted by atomic mass is 79.9. The molecular weight excluding hydrogens is 665 g/mol. The largest absolute Gasteiger partial charge is 0.408 e. The van der Waals surface area contributed by atoms with E-state index >= 15 is 0 Å². The van der Waals surface area contributed by atoms with Crippen LogP contribution in [-0.2, 0) is 9.53 Å². The molecule has 0 heterocycles. The predicted molar refractivity (Wildman–Crippen MR) is 140 cm³/mol. The van der Waals surface area contributed by atoms with Crippen LogP contribution >= 0.6 is 50.7 Å². The molecule has 2 rings (SSSR count). The first-order valence-corrected chi connectivity index (χ1v) is 12.7. The maximum Gasteiger partial charge on any atom is 0.408 e. The summed E-state index contributed by atoms with van der Waals surface area (Å²) in [7, 11) is 1.19. The first kappa shape index (κ1) is 33.2. The Morgan fingerprint density at radius 1 is 1.00 bits per heavy atom. The Morgan fingerprint density at radius 2 is 1.59 bits per heavy atom. The molecule has 0 radical (unpaired) electrons. The van der Waals surface area contributed by atoms with Crippen LogP contribution in [-0.4, -0.2) is 50.0 Å². The van der Waals surface area contributed by atoms with Gasteiger partial charge in [-0.05, 0) is 58.2 Å². The molecule has 0 fully saturated rings. The number of amides is 2. The standard InChI is InChI=1S/C24H20BrCl3F6N2O3/c1-11(23(29,30)31)35-22(38)19(10-39-2)36-21(37)14-5-3-12(7-16(14)25)4-6-15(24(32,33)34)13-8-17(26)20(28)18(27)9-13/h3-9,11,15,19H,10H2,1-2H3,(H,35,38)(H,36,37). The average molecular weight is 685 g/mol. The minimum atomic E-state index is -4.70. The SMILES string of the molecule is COCC(NC(=O)c1ccc(C=CC(c2cc(Cl)c(Cl)c(Cl)c2)C(F)(F)F)cc1Br)C(=O)NC(C)C(F)(F)F. The van der Waals surface area contributed by atoms with Crippen molar-refractivity contribution >= 4 is 68.6 Å². The average Bonchev–Trinajstić information content (AvgIpc) is 2.80. The lowest BCUT2D eigenvalue weighted by atomic mass is 9.97. The number of ether oxygens (including phenoxy) is 1. The van der Waals surface area contributed by atoms with E-state index in [1.54, 1.807) is 5.32 Å². The van der Waals surface area contributed by atoms with E-state index in [9.17, 15) is 35.9 Å². The van der Waals surface area contributed by atoms with Gasteiger partial charge in [0, 0.05) is 11.6 Å². The van der Waals surface area contributed by atoms with Gasteiger partial charge in [0.05, 0.1) is 33.2 Å². The van der Waals surface area contributed by atoms with Crippen molar-refractivity contribution in [2.24, 2.45) is 0 Å². The van der Waals surface area contributed by atoms with Gasteiger partial charge in [0.15, 0.2) is 0 Å². The fraction of sp³-hybridized carbons (Fsp3) is 0.333. The van der Waals surface area contributed by atoms with Crippen LogP contribution < -0.4 is 10.6 Å². The highest BCUT2D eigenvalue weighted by Gasteiger charge is 2.40. The van der Waals surface area contributed by atoms with E-state index in [0.717, 1.165) is 25.1 Å². The number of allylic oxidation sites excluding steroid dienone is 1. The summed E-state index contributed by atoms with van der Waals surface area (Å²) in [5, 5.41) is 3.67. The number of carbonyl (C=O) groups is 2. The predicted octanol–water partition coefficient (Wildman–Crippen LogP) is 7.58. The molecule has 2 aromatic rings. The second-order valence-corrected chi connectivity index (χ2v) is 10.2. The number of carbonyl (C=O) groups excluding carboxylic acids is 2. The molecule has 39 heavy (non-hydrogen) atoms. The summed E-state index contributed by atoms with van der Waals surface area (Å²) in [4.78, 5) is 25.0.